The topological polar surface area (TPSA) is 43.4 Å². The van der Waals surface area contributed by atoms with E-state index in [0.717, 1.165) is 18.4 Å². The third kappa shape index (κ3) is 2.46. The normalized spacial score (nSPS) is 36.0. The van der Waals surface area contributed by atoms with Crippen molar-refractivity contribution < 1.29 is 14.0 Å². The van der Waals surface area contributed by atoms with Crippen LogP contribution in [0.4, 0.5) is 0 Å². The van der Waals surface area contributed by atoms with Gasteiger partial charge in [-0.25, -0.2) is 0 Å². The van der Waals surface area contributed by atoms with Crippen LogP contribution in [0.15, 0.2) is 11.6 Å². The zero-order valence-electron chi connectivity index (χ0n) is 13.7. The van der Waals surface area contributed by atoms with Gasteiger partial charge < -0.3 is 4.43 Å². The molecule has 0 aliphatic heterocycles. The molecular weight excluding hydrogens is 280 g/mol. The fourth-order valence-electron chi connectivity index (χ4n) is 3.61. The average Bonchev–Trinajstić information content (AvgIpc) is 3.04. The third-order valence-corrected chi connectivity index (χ3v) is 10.5. The Morgan fingerprint density at radius 1 is 1.14 bits per heavy atom. The molecule has 21 heavy (non-hydrogen) atoms. The van der Waals surface area contributed by atoms with Crippen molar-refractivity contribution >= 4 is 19.9 Å². The highest BCUT2D eigenvalue weighted by Gasteiger charge is 2.60. The second-order valence-corrected chi connectivity index (χ2v) is 13.2. The second-order valence-electron chi connectivity index (χ2n) is 8.43. The van der Waals surface area contributed by atoms with E-state index >= 15 is 0 Å². The minimum atomic E-state index is -1.83. The lowest BCUT2D eigenvalue weighted by Crippen LogP contribution is -2.44. The number of fused-ring (bicyclic) bond motifs is 2. The monoisotopic (exact) mass is 306 g/mol. The van der Waals surface area contributed by atoms with Crippen LogP contribution in [0.3, 0.4) is 0 Å². The maximum atomic E-state index is 12.4. The molecule has 0 amide bonds. The van der Waals surface area contributed by atoms with Gasteiger partial charge in [-0.1, -0.05) is 20.8 Å². The summed E-state index contributed by atoms with van der Waals surface area (Å²) in [6, 6.07) is 0. The summed E-state index contributed by atoms with van der Waals surface area (Å²) in [5, 5.41) is 0.171. The number of hydrogen-bond donors (Lipinski definition) is 0. The first-order valence-corrected chi connectivity index (χ1v) is 11.0. The van der Waals surface area contributed by atoms with Gasteiger partial charge in [-0.15, -0.1) is 0 Å². The maximum absolute atomic E-state index is 12.4. The molecule has 0 saturated heterocycles. The molecule has 3 nitrogen and oxygen atoms in total. The van der Waals surface area contributed by atoms with Crippen molar-refractivity contribution in [2.24, 2.45) is 17.8 Å². The van der Waals surface area contributed by atoms with Gasteiger partial charge in [0.25, 0.3) is 0 Å². The lowest BCUT2D eigenvalue weighted by molar-refractivity contribution is -0.122. The molecule has 0 N–H and O–H groups in total. The summed E-state index contributed by atoms with van der Waals surface area (Å²) in [7, 11) is -1.83. The molecule has 1 unspecified atom stereocenters. The van der Waals surface area contributed by atoms with Crippen LogP contribution >= 0.6 is 0 Å². The zero-order valence-corrected chi connectivity index (χ0v) is 14.7. The highest BCUT2D eigenvalue weighted by molar-refractivity contribution is 6.74. The molecule has 2 bridgehead atoms. The van der Waals surface area contributed by atoms with Crippen LogP contribution in [-0.2, 0) is 14.0 Å². The van der Waals surface area contributed by atoms with Gasteiger partial charge in [0, 0.05) is 29.9 Å². The molecule has 0 heterocycles. The van der Waals surface area contributed by atoms with Crippen LogP contribution in [0.2, 0.25) is 18.1 Å². The molecule has 3 rings (SSSR count). The summed E-state index contributed by atoms with van der Waals surface area (Å²) in [4.78, 5) is 24.4. The van der Waals surface area contributed by atoms with E-state index in [-0.39, 0.29) is 34.5 Å². The van der Waals surface area contributed by atoms with Gasteiger partial charge in [0.1, 0.15) is 0 Å². The summed E-state index contributed by atoms with van der Waals surface area (Å²) in [5.74, 6) is 0.740. The van der Waals surface area contributed by atoms with E-state index < -0.39 is 8.32 Å². The maximum Gasteiger partial charge on any atom is 0.192 e. The van der Waals surface area contributed by atoms with Gasteiger partial charge >= 0.3 is 0 Å². The van der Waals surface area contributed by atoms with Crippen molar-refractivity contribution in [1.82, 2.24) is 0 Å². The Labute approximate surface area is 128 Å². The van der Waals surface area contributed by atoms with Gasteiger partial charge in [-0.05, 0) is 43.0 Å². The Morgan fingerprint density at radius 3 is 2.43 bits per heavy atom. The first-order chi connectivity index (χ1) is 9.62. The molecule has 116 valence electrons. The van der Waals surface area contributed by atoms with Crippen LogP contribution in [0, 0.1) is 17.8 Å². The van der Waals surface area contributed by atoms with E-state index in [0.29, 0.717) is 12.3 Å². The lowest BCUT2D eigenvalue weighted by Gasteiger charge is -2.40. The number of rotatable bonds is 2. The summed E-state index contributed by atoms with van der Waals surface area (Å²) >= 11 is 0. The van der Waals surface area contributed by atoms with Crippen molar-refractivity contribution in [3.05, 3.63) is 11.6 Å². The Bertz CT molecular complexity index is 527. The first kappa shape index (κ1) is 15.2. The largest absolute Gasteiger partial charge is 0.414 e. The SMILES string of the molecule is CC(C)(C)[Si](C)(C)O[C@@H]1CC[C@H]2C3C(=O)C(=CC(=O)[C@H]32)C1. The van der Waals surface area contributed by atoms with Gasteiger partial charge in [-0.2, -0.15) is 0 Å². The predicted molar refractivity (Wildman–Crippen MR) is 84.5 cm³/mol. The smallest absolute Gasteiger partial charge is 0.192 e. The molecule has 4 atom stereocenters. The number of ketones is 2. The fraction of sp³-hybridized carbons (Fsp3) is 0.765. The van der Waals surface area contributed by atoms with E-state index in [2.05, 4.69) is 33.9 Å². The Kier molecular flexibility index (Phi) is 3.34. The van der Waals surface area contributed by atoms with E-state index in [4.69, 9.17) is 4.43 Å². The zero-order chi connectivity index (χ0) is 15.6. The molecule has 3 aliphatic carbocycles. The molecule has 0 radical (unpaired) electrons. The third-order valence-electron chi connectivity index (χ3n) is 5.97. The van der Waals surface area contributed by atoms with Crippen molar-refractivity contribution in [2.45, 2.75) is 64.3 Å². The minimum absolute atomic E-state index is 0.00729. The van der Waals surface area contributed by atoms with Crippen LogP contribution in [0.25, 0.3) is 0 Å². The second kappa shape index (κ2) is 4.62. The van der Waals surface area contributed by atoms with Crippen LogP contribution in [0.5, 0.6) is 0 Å². The van der Waals surface area contributed by atoms with Gasteiger partial charge in [-0.3, -0.25) is 9.59 Å². The molecule has 0 aromatic carbocycles. The summed E-state index contributed by atoms with van der Waals surface area (Å²) in [5.41, 5.74) is 0.729. The molecule has 2 saturated carbocycles. The van der Waals surface area contributed by atoms with E-state index in [1.807, 2.05) is 0 Å². The molecule has 0 aromatic heterocycles. The molecule has 3 aliphatic rings. The molecule has 0 aromatic rings. The molecule has 2 fully saturated rings. The Hall–Kier alpha value is -0.743. The molecule has 4 heteroatoms. The summed E-state index contributed by atoms with van der Waals surface area (Å²) < 4.78 is 6.51. The van der Waals surface area contributed by atoms with Crippen LogP contribution in [0.1, 0.15) is 40.0 Å². The average molecular weight is 306 g/mol. The van der Waals surface area contributed by atoms with Gasteiger partial charge in [0.2, 0.25) is 0 Å². The number of Topliss-reactive ketones (excluding diaryl/α,β-unsaturated/α-hetero) is 1. The van der Waals surface area contributed by atoms with Crippen molar-refractivity contribution in [1.29, 1.82) is 0 Å². The quantitative estimate of drug-likeness (QED) is 0.733. The van der Waals surface area contributed by atoms with Gasteiger partial charge in [0.15, 0.2) is 19.9 Å². The number of allylic oxidation sites excluding steroid dienone is 1. The Morgan fingerprint density at radius 2 is 1.81 bits per heavy atom. The van der Waals surface area contributed by atoms with E-state index in [9.17, 15) is 9.59 Å². The molecular formula is C17H26O3Si. The van der Waals surface area contributed by atoms with E-state index in [1.54, 1.807) is 6.08 Å². The number of carbonyl (C=O) groups excluding carboxylic acids is 2. The van der Waals surface area contributed by atoms with Crippen LogP contribution in [-0.4, -0.2) is 26.0 Å². The highest BCUT2D eigenvalue weighted by Crippen LogP contribution is 2.56. The predicted octanol–water partition coefficient (Wildman–Crippen LogP) is 3.50. The van der Waals surface area contributed by atoms with Crippen LogP contribution < -0.4 is 0 Å². The fourth-order valence-corrected chi connectivity index (χ4v) is 5.00. The minimum Gasteiger partial charge on any atom is -0.414 e. The van der Waals surface area contributed by atoms with Crippen molar-refractivity contribution in [2.75, 3.05) is 0 Å². The lowest BCUT2D eigenvalue weighted by atomic mass is 9.91. The standard InChI is InChI=1S/C17H26O3Si/c1-17(2,3)21(4,5)20-11-6-7-12-14-13(18)9-10(8-11)16(19)15(12)14/h9,11-12,14-15H,6-8H2,1-5H3/t11-,12-,14-,15?/m1/s1. The van der Waals surface area contributed by atoms with Gasteiger partial charge in [0.05, 0.1) is 0 Å². The Balaban J connectivity index is 1.79. The molecule has 0 spiro atoms. The van der Waals surface area contributed by atoms with Crippen molar-refractivity contribution in [3.63, 3.8) is 0 Å². The van der Waals surface area contributed by atoms with E-state index in [1.165, 1.54) is 0 Å². The summed E-state index contributed by atoms with van der Waals surface area (Å²) in [6.07, 6.45) is 4.31. The number of carbonyl (C=O) groups is 2. The summed E-state index contributed by atoms with van der Waals surface area (Å²) in [6.45, 7) is 11.2. The number of hydrogen-bond acceptors (Lipinski definition) is 3. The van der Waals surface area contributed by atoms with Crippen molar-refractivity contribution in [3.8, 4) is 0 Å². The highest BCUT2D eigenvalue weighted by atomic mass is 28.4. The first-order valence-electron chi connectivity index (χ1n) is 8.08.